The number of carboxylic acids is 2. The molecule has 0 aromatic heterocycles. The van der Waals surface area contributed by atoms with Crippen molar-refractivity contribution in [2.24, 2.45) is 0 Å². The third-order valence-corrected chi connectivity index (χ3v) is 2.47. The molecule has 0 aliphatic rings. The van der Waals surface area contributed by atoms with Crippen molar-refractivity contribution in [3.63, 3.8) is 0 Å². The lowest BCUT2D eigenvalue weighted by atomic mass is 10.0. The van der Waals surface area contributed by atoms with E-state index in [1.807, 2.05) is 0 Å². The number of benzene rings is 2. The minimum absolute atomic E-state index is 0.00432. The molecule has 5 heteroatoms. The Bertz CT molecular complexity index is 625. The highest BCUT2D eigenvalue weighted by atomic mass is 16.4. The number of fused-ring (bicyclic) bond motifs is 1. The number of phenols is 1. The number of hydrogen-bond acceptors (Lipinski definition) is 3. The van der Waals surface area contributed by atoms with Gasteiger partial charge in [-0.1, -0.05) is 12.1 Å². The summed E-state index contributed by atoms with van der Waals surface area (Å²) in [5.41, 5.74) is -0.254. The number of aromatic carboxylic acids is 2. The maximum Gasteiger partial charge on any atom is 0.339 e. The van der Waals surface area contributed by atoms with Crippen LogP contribution in [0.4, 0.5) is 0 Å². The average molecular weight is 232 g/mol. The van der Waals surface area contributed by atoms with Crippen molar-refractivity contribution in [2.75, 3.05) is 0 Å². The van der Waals surface area contributed by atoms with Crippen molar-refractivity contribution in [1.82, 2.24) is 0 Å². The van der Waals surface area contributed by atoms with Crippen LogP contribution in [0.5, 0.6) is 5.75 Å². The molecule has 0 aliphatic carbocycles. The molecule has 0 saturated heterocycles. The summed E-state index contributed by atoms with van der Waals surface area (Å²) in [6.45, 7) is 0. The first kappa shape index (κ1) is 10.9. The van der Waals surface area contributed by atoms with E-state index in [1.165, 1.54) is 30.3 Å². The van der Waals surface area contributed by atoms with Crippen LogP contribution in [0.2, 0.25) is 0 Å². The molecule has 0 aliphatic heterocycles. The molecule has 0 atom stereocenters. The molecule has 0 fully saturated rings. The largest absolute Gasteiger partial charge is 0.506 e. The van der Waals surface area contributed by atoms with Gasteiger partial charge in [0.1, 0.15) is 11.3 Å². The molecule has 17 heavy (non-hydrogen) atoms. The minimum atomic E-state index is -1.26. The molecular formula is C12H8O5. The Hall–Kier alpha value is -2.56. The Morgan fingerprint density at radius 2 is 1.59 bits per heavy atom. The molecule has 5 nitrogen and oxygen atoms in total. The van der Waals surface area contributed by atoms with Crippen LogP contribution in [0.1, 0.15) is 20.7 Å². The SMILES string of the molecule is O=C(O)c1ccc2ccc(C(=O)O)c(O)c2c1. The molecule has 3 N–H and O–H groups in total. The lowest BCUT2D eigenvalue weighted by Crippen LogP contribution is -1.98. The van der Waals surface area contributed by atoms with E-state index >= 15 is 0 Å². The second-order valence-electron chi connectivity index (χ2n) is 3.51. The Kier molecular flexibility index (Phi) is 2.44. The van der Waals surface area contributed by atoms with Gasteiger partial charge in [-0.25, -0.2) is 9.59 Å². The summed E-state index contributed by atoms with van der Waals surface area (Å²) in [5, 5.41) is 28.2. The predicted molar refractivity (Wildman–Crippen MR) is 59.5 cm³/mol. The summed E-state index contributed by atoms with van der Waals surface area (Å²) in [6, 6.07) is 6.96. The summed E-state index contributed by atoms with van der Waals surface area (Å²) in [4.78, 5) is 21.6. The van der Waals surface area contributed by atoms with Gasteiger partial charge in [0.25, 0.3) is 0 Å². The zero-order valence-corrected chi connectivity index (χ0v) is 8.54. The Balaban J connectivity index is 2.78. The molecule has 0 heterocycles. The second kappa shape index (κ2) is 3.79. The monoisotopic (exact) mass is 232 g/mol. The first-order valence-corrected chi connectivity index (χ1v) is 4.73. The molecule has 0 unspecified atom stereocenters. The predicted octanol–water partition coefficient (Wildman–Crippen LogP) is 1.94. The van der Waals surface area contributed by atoms with Crippen LogP contribution in [0.25, 0.3) is 10.8 Å². The highest BCUT2D eigenvalue weighted by Gasteiger charge is 2.13. The summed E-state index contributed by atoms with van der Waals surface area (Å²) in [7, 11) is 0. The Morgan fingerprint density at radius 1 is 0.941 bits per heavy atom. The van der Waals surface area contributed by atoms with Crippen molar-refractivity contribution in [3.05, 3.63) is 41.5 Å². The van der Waals surface area contributed by atoms with Gasteiger partial charge in [0, 0.05) is 5.39 Å². The number of carboxylic acid groups (broad SMARTS) is 2. The van der Waals surface area contributed by atoms with E-state index < -0.39 is 17.7 Å². The summed E-state index contributed by atoms with van der Waals surface area (Å²) in [5.74, 6) is -2.81. The second-order valence-corrected chi connectivity index (χ2v) is 3.51. The van der Waals surface area contributed by atoms with E-state index in [1.54, 1.807) is 0 Å². The smallest absolute Gasteiger partial charge is 0.339 e. The third-order valence-electron chi connectivity index (χ3n) is 2.47. The number of aromatic hydroxyl groups is 1. The van der Waals surface area contributed by atoms with E-state index in [0.717, 1.165) is 0 Å². The number of rotatable bonds is 2. The van der Waals surface area contributed by atoms with E-state index in [4.69, 9.17) is 10.2 Å². The average Bonchev–Trinajstić information content (AvgIpc) is 2.28. The van der Waals surface area contributed by atoms with Crippen LogP contribution in [0.15, 0.2) is 30.3 Å². The fourth-order valence-corrected chi connectivity index (χ4v) is 1.61. The minimum Gasteiger partial charge on any atom is -0.506 e. The highest BCUT2D eigenvalue weighted by molar-refractivity contribution is 6.02. The van der Waals surface area contributed by atoms with Crippen molar-refractivity contribution in [2.45, 2.75) is 0 Å². The maximum absolute atomic E-state index is 10.8. The van der Waals surface area contributed by atoms with Gasteiger partial charge in [0.05, 0.1) is 5.56 Å². The fourth-order valence-electron chi connectivity index (χ4n) is 1.61. The molecule has 2 rings (SSSR count). The molecule has 0 amide bonds. The number of hydrogen-bond donors (Lipinski definition) is 3. The standard InChI is InChI=1S/C12H8O5/c13-10-8(12(16)17)4-3-6-1-2-7(11(14)15)5-9(6)10/h1-5,13H,(H,14,15)(H,16,17). The zero-order chi connectivity index (χ0) is 12.6. The van der Waals surface area contributed by atoms with E-state index in [9.17, 15) is 14.7 Å². The maximum atomic E-state index is 10.8. The molecule has 0 spiro atoms. The van der Waals surface area contributed by atoms with Gasteiger partial charge in [-0.2, -0.15) is 0 Å². The Labute approximate surface area is 95.5 Å². The zero-order valence-electron chi connectivity index (χ0n) is 8.54. The van der Waals surface area contributed by atoms with Crippen LogP contribution in [0.3, 0.4) is 0 Å². The van der Waals surface area contributed by atoms with Crippen LogP contribution in [-0.4, -0.2) is 27.3 Å². The van der Waals surface area contributed by atoms with Gasteiger partial charge < -0.3 is 15.3 Å². The molecule has 2 aromatic carbocycles. The molecule has 2 aromatic rings. The third kappa shape index (κ3) is 1.78. The van der Waals surface area contributed by atoms with Gasteiger partial charge in [0.15, 0.2) is 0 Å². The molecule has 0 bridgehead atoms. The molecule has 0 saturated carbocycles. The van der Waals surface area contributed by atoms with Crippen molar-refractivity contribution in [1.29, 1.82) is 0 Å². The van der Waals surface area contributed by atoms with Crippen LogP contribution in [0, 0.1) is 0 Å². The van der Waals surface area contributed by atoms with E-state index in [-0.39, 0.29) is 16.5 Å². The van der Waals surface area contributed by atoms with Crippen LogP contribution in [-0.2, 0) is 0 Å². The van der Waals surface area contributed by atoms with Gasteiger partial charge in [-0.3, -0.25) is 0 Å². The number of carbonyl (C=O) groups is 2. The van der Waals surface area contributed by atoms with Crippen molar-refractivity contribution in [3.8, 4) is 5.75 Å². The van der Waals surface area contributed by atoms with Crippen molar-refractivity contribution >= 4 is 22.7 Å². The van der Waals surface area contributed by atoms with Crippen LogP contribution >= 0.6 is 0 Å². The molecule has 86 valence electrons. The normalized spacial score (nSPS) is 10.4. The quantitative estimate of drug-likeness (QED) is 0.735. The van der Waals surface area contributed by atoms with E-state index in [0.29, 0.717) is 5.39 Å². The summed E-state index contributed by atoms with van der Waals surface area (Å²) < 4.78 is 0. The first-order valence-electron chi connectivity index (χ1n) is 4.73. The van der Waals surface area contributed by atoms with E-state index in [2.05, 4.69) is 0 Å². The lowest BCUT2D eigenvalue weighted by molar-refractivity contribution is 0.0685. The van der Waals surface area contributed by atoms with Crippen molar-refractivity contribution < 1.29 is 24.9 Å². The summed E-state index contributed by atoms with van der Waals surface area (Å²) in [6.07, 6.45) is 0. The van der Waals surface area contributed by atoms with Gasteiger partial charge in [-0.15, -0.1) is 0 Å². The van der Waals surface area contributed by atoms with Crippen LogP contribution < -0.4 is 0 Å². The van der Waals surface area contributed by atoms with Gasteiger partial charge in [-0.05, 0) is 23.6 Å². The van der Waals surface area contributed by atoms with Gasteiger partial charge >= 0.3 is 11.9 Å². The Morgan fingerprint density at radius 3 is 2.18 bits per heavy atom. The van der Waals surface area contributed by atoms with Gasteiger partial charge in [0.2, 0.25) is 0 Å². The fraction of sp³-hybridized carbons (Fsp3) is 0. The topological polar surface area (TPSA) is 94.8 Å². The highest BCUT2D eigenvalue weighted by Crippen LogP contribution is 2.29. The summed E-state index contributed by atoms with van der Waals surface area (Å²) >= 11 is 0. The first-order chi connectivity index (χ1) is 8.00. The molecular weight excluding hydrogens is 224 g/mol. The lowest BCUT2D eigenvalue weighted by Gasteiger charge is -2.05. The molecule has 0 radical (unpaired) electrons.